The highest BCUT2D eigenvalue weighted by Crippen LogP contribution is 2.25. The SMILES string of the molecule is O=C1C(=O)N(C2CCCCCC2)CC2CNCCN12. The highest BCUT2D eigenvalue weighted by Gasteiger charge is 2.42. The molecule has 2 aliphatic heterocycles. The molecule has 2 saturated heterocycles. The van der Waals surface area contributed by atoms with E-state index in [9.17, 15) is 9.59 Å². The van der Waals surface area contributed by atoms with Gasteiger partial charge in [0.1, 0.15) is 0 Å². The van der Waals surface area contributed by atoms with Gasteiger partial charge in [0.15, 0.2) is 0 Å². The molecule has 3 aliphatic rings. The van der Waals surface area contributed by atoms with Gasteiger partial charge in [-0.25, -0.2) is 0 Å². The third kappa shape index (κ3) is 2.48. The molecule has 5 nitrogen and oxygen atoms in total. The molecule has 2 amide bonds. The summed E-state index contributed by atoms with van der Waals surface area (Å²) < 4.78 is 0. The molecule has 1 saturated carbocycles. The summed E-state index contributed by atoms with van der Waals surface area (Å²) >= 11 is 0. The molecule has 0 aromatic carbocycles. The standard InChI is InChI=1S/C14H23N3O2/c18-13-14(19)17(11-5-3-1-2-4-6-11)10-12-9-15-7-8-16(12)13/h11-12,15H,1-10H2. The fourth-order valence-electron chi connectivity index (χ4n) is 3.63. The molecule has 1 N–H and O–H groups in total. The topological polar surface area (TPSA) is 52.7 Å². The van der Waals surface area contributed by atoms with E-state index >= 15 is 0 Å². The Morgan fingerprint density at radius 3 is 2.32 bits per heavy atom. The first-order valence-electron chi connectivity index (χ1n) is 7.59. The maximum Gasteiger partial charge on any atom is 0.312 e. The maximum absolute atomic E-state index is 12.3. The third-order valence-electron chi connectivity index (χ3n) is 4.73. The monoisotopic (exact) mass is 265 g/mol. The van der Waals surface area contributed by atoms with Crippen molar-refractivity contribution in [3.05, 3.63) is 0 Å². The Balaban J connectivity index is 1.74. The van der Waals surface area contributed by atoms with Crippen molar-refractivity contribution in [3.63, 3.8) is 0 Å². The van der Waals surface area contributed by atoms with Crippen LogP contribution in [0.3, 0.4) is 0 Å². The zero-order chi connectivity index (χ0) is 13.2. The Morgan fingerprint density at radius 1 is 0.895 bits per heavy atom. The molecule has 2 heterocycles. The number of piperazine rings is 2. The van der Waals surface area contributed by atoms with Crippen molar-refractivity contribution in [2.24, 2.45) is 0 Å². The predicted molar refractivity (Wildman–Crippen MR) is 71.6 cm³/mol. The van der Waals surface area contributed by atoms with Crippen LogP contribution in [0.4, 0.5) is 0 Å². The molecule has 3 rings (SSSR count). The third-order valence-corrected chi connectivity index (χ3v) is 4.73. The minimum absolute atomic E-state index is 0.183. The summed E-state index contributed by atoms with van der Waals surface area (Å²) in [4.78, 5) is 28.2. The van der Waals surface area contributed by atoms with Gasteiger partial charge in [0.05, 0.1) is 6.04 Å². The first-order chi connectivity index (χ1) is 9.27. The molecule has 5 heteroatoms. The molecule has 0 aromatic rings. The molecule has 0 radical (unpaired) electrons. The minimum atomic E-state index is -0.276. The number of amides is 2. The average molecular weight is 265 g/mol. The maximum atomic E-state index is 12.3. The van der Waals surface area contributed by atoms with Gasteiger partial charge in [-0.3, -0.25) is 9.59 Å². The van der Waals surface area contributed by atoms with Gasteiger partial charge in [0.25, 0.3) is 0 Å². The van der Waals surface area contributed by atoms with E-state index in [1.807, 2.05) is 4.90 Å². The average Bonchev–Trinajstić information content (AvgIpc) is 2.72. The Kier molecular flexibility index (Phi) is 3.73. The van der Waals surface area contributed by atoms with Crippen LogP contribution < -0.4 is 5.32 Å². The lowest BCUT2D eigenvalue weighted by atomic mass is 10.0. The minimum Gasteiger partial charge on any atom is -0.329 e. The van der Waals surface area contributed by atoms with E-state index in [-0.39, 0.29) is 17.9 Å². The van der Waals surface area contributed by atoms with E-state index in [0.717, 1.165) is 32.5 Å². The van der Waals surface area contributed by atoms with Crippen molar-refractivity contribution in [1.29, 1.82) is 0 Å². The van der Waals surface area contributed by atoms with E-state index < -0.39 is 0 Å². The number of rotatable bonds is 1. The molecule has 1 aliphatic carbocycles. The fraction of sp³-hybridized carbons (Fsp3) is 0.857. The summed E-state index contributed by atoms with van der Waals surface area (Å²) in [6.07, 6.45) is 7.05. The van der Waals surface area contributed by atoms with Crippen LogP contribution in [0.5, 0.6) is 0 Å². The molecule has 3 fully saturated rings. The van der Waals surface area contributed by atoms with Gasteiger partial charge in [0, 0.05) is 32.2 Å². The highest BCUT2D eigenvalue weighted by molar-refractivity contribution is 6.35. The van der Waals surface area contributed by atoms with Crippen molar-refractivity contribution in [2.45, 2.75) is 50.6 Å². The highest BCUT2D eigenvalue weighted by atomic mass is 16.2. The number of nitrogens with one attached hydrogen (secondary N) is 1. The molecule has 0 aromatic heterocycles. The second-order valence-electron chi connectivity index (χ2n) is 5.96. The molecule has 0 spiro atoms. The van der Waals surface area contributed by atoms with Crippen LogP contribution >= 0.6 is 0 Å². The van der Waals surface area contributed by atoms with Crippen LogP contribution in [-0.4, -0.2) is 59.9 Å². The summed E-state index contributed by atoms with van der Waals surface area (Å²) in [5.41, 5.74) is 0. The summed E-state index contributed by atoms with van der Waals surface area (Å²) in [7, 11) is 0. The van der Waals surface area contributed by atoms with E-state index in [2.05, 4.69) is 5.32 Å². The van der Waals surface area contributed by atoms with E-state index in [1.54, 1.807) is 4.90 Å². The molecule has 0 bridgehead atoms. The normalized spacial score (nSPS) is 30.2. The lowest BCUT2D eigenvalue weighted by Crippen LogP contribution is -2.67. The summed E-state index contributed by atoms with van der Waals surface area (Å²) in [6, 6.07) is 0.477. The Labute approximate surface area is 114 Å². The largest absolute Gasteiger partial charge is 0.329 e. The predicted octanol–water partition coefficient (Wildman–Crippen LogP) is 0.352. The number of carbonyl (C=O) groups is 2. The van der Waals surface area contributed by atoms with E-state index in [1.165, 1.54) is 25.7 Å². The number of nitrogens with zero attached hydrogens (tertiary/aromatic N) is 2. The summed E-state index contributed by atoms with van der Waals surface area (Å²) in [5.74, 6) is -0.535. The lowest BCUT2D eigenvalue weighted by Gasteiger charge is -2.45. The first-order valence-corrected chi connectivity index (χ1v) is 7.59. The number of fused-ring (bicyclic) bond motifs is 1. The van der Waals surface area contributed by atoms with Crippen LogP contribution in [0, 0.1) is 0 Å². The molecule has 1 atom stereocenters. The zero-order valence-corrected chi connectivity index (χ0v) is 11.4. The van der Waals surface area contributed by atoms with Crippen LogP contribution in [0.15, 0.2) is 0 Å². The van der Waals surface area contributed by atoms with Crippen molar-refractivity contribution >= 4 is 11.8 Å². The number of hydrogen-bond acceptors (Lipinski definition) is 3. The van der Waals surface area contributed by atoms with Gasteiger partial charge in [-0.05, 0) is 12.8 Å². The molecule has 106 valence electrons. The number of hydrogen-bond donors (Lipinski definition) is 1. The van der Waals surface area contributed by atoms with Crippen molar-refractivity contribution < 1.29 is 9.59 Å². The van der Waals surface area contributed by atoms with Gasteiger partial charge in [-0.15, -0.1) is 0 Å². The van der Waals surface area contributed by atoms with Crippen LogP contribution in [0.1, 0.15) is 38.5 Å². The Bertz CT molecular complexity index is 364. The molecule has 1 unspecified atom stereocenters. The molecular formula is C14H23N3O2. The van der Waals surface area contributed by atoms with Crippen molar-refractivity contribution in [1.82, 2.24) is 15.1 Å². The first kappa shape index (κ1) is 12.9. The van der Waals surface area contributed by atoms with Crippen LogP contribution in [0.2, 0.25) is 0 Å². The fourth-order valence-corrected chi connectivity index (χ4v) is 3.63. The number of carbonyl (C=O) groups excluding carboxylic acids is 2. The Morgan fingerprint density at radius 2 is 1.58 bits per heavy atom. The van der Waals surface area contributed by atoms with Gasteiger partial charge in [-0.2, -0.15) is 0 Å². The van der Waals surface area contributed by atoms with E-state index in [4.69, 9.17) is 0 Å². The van der Waals surface area contributed by atoms with Crippen LogP contribution in [0.25, 0.3) is 0 Å². The zero-order valence-electron chi connectivity index (χ0n) is 11.4. The van der Waals surface area contributed by atoms with Crippen molar-refractivity contribution in [2.75, 3.05) is 26.2 Å². The van der Waals surface area contributed by atoms with Gasteiger partial charge in [0.2, 0.25) is 0 Å². The summed E-state index contributed by atoms with van der Waals surface area (Å²) in [5, 5.41) is 3.32. The van der Waals surface area contributed by atoms with E-state index in [0.29, 0.717) is 12.6 Å². The van der Waals surface area contributed by atoms with Gasteiger partial charge in [-0.1, -0.05) is 25.7 Å². The Hall–Kier alpha value is -1.10. The summed E-state index contributed by atoms with van der Waals surface area (Å²) in [6.45, 7) is 3.02. The second kappa shape index (κ2) is 5.49. The van der Waals surface area contributed by atoms with Crippen LogP contribution in [-0.2, 0) is 9.59 Å². The molecular weight excluding hydrogens is 242 g/mol. The van der Waals surface area contributed by atoms with Gasteiger partial charge < -0.3 is 15.1 Å². The van der Waals surface area contributed by atoms with Crippen molar-refractivity contribution in [3.8, 4) is 0 Å². The smallest absolute Gasteiger partial charge is 0.312 e. The lowest BCUT2D eigenvalue weighted by molar-refractivity contribution is -0.162. The quantitative estimate of drug-likeness (QED) is 0.550. The molecule has 19 heavy (non-hydrogen) atoms. The van der Waals surface area contributed by atoms with Gasteiger partial charge >= 0.3 is 11.8 Å². The second-order valence-corrected chi connectivity index (χ2v) is 5.96.